The van der Waals surface area contributed by atoms with Crippen LogP contribution in [-0.4, -0.2) is 48.9 Å². The van der Waals surface area contributed by atoms with Gasteiger partial charge in [-0.3, -0.25) is 9.69 Å². The van der Waals surface area contributed by atoms with E-state index in [0.717, 1.165) is 38.7 Å². The van der Waals surface area contributed by atoms with Crippen LogP contribution < -0.4 is 5.32 Å². The minimum Gasteiger partial charge on any atom is -0.322 e. The van der Waals surface area contributed by atoms with Crippen LogP contribution in [-0.2, 0) is 12.7 Å². The maximum absolute atomic E-state index is 13.6. The molecule has 1 aliphatic heterocycles. The number of halogens is 3. The maximum atomic E-state index is 13.6. The number of rotatable bonds is 4. The molecule has 1 aliphatic rings. The highest BCUT2D eigenvalue weighted by molar-refractivity contribution is 6.04. The molecular weight excluding hydrogens is 367 g/mol. The predicted octanol–water partition coefficient (Wildman–Crippen LogP) is 4.10. The number of likely N-dealkylation sites (N-methyl/N-ethyl adjacent to an activating group) is 1. The Morgan fingerprint density at radius 1 is 1.04 bits per heavy atom. The van der Waals surface area contributed by atoms with E-state index < -0.39 is 17.6 Å². The lowest BCUT2D eigenvalue weighted by Crippen LogP contribution is -2.29. The summed E-state index contributed by atoms with van der Waals surface area (Å²) in [6.07, 6.45) is -3.55. The normalized spacial score (nSPS) is 16.6. The van der Waals surface area contributed by atoms with Gasteiger partial charge < -0.3 is 10.2 Å². The molecular formula is C21H24F3N3O. The van der Waals surface area contributed by atoms with Gasteiger partial charge in [-0.2, -0.15) is 13.2 Å². The van der Waals surface area contributed by atoms with E-state index in [2.05, 4.69) is 15.1 Å². The molecule has 1 fully saturated rings. The summed E-state index contributed by atoms with van der Waals surface area (Å²) in [5, 5.41) is 2.56. The topological polar surface area (TPSA) is 35.6 Å². The van der Waals surface area contributed by atoms with E-state index in [-0.39, 0.29) is 17.8 Å². The highest BCUT2D eigenvalue weighted by Crippen LogP contribution is 2.34. The molecule has 0 spiro atoms. The van der Waals surface area contributed by atoms with Crippen molar-refractivity contribution in [2.45, 2.75) is 19.1 Å². The van der Waals surface area contributed by atoms with E-state index in [1.54, 1.807) is 30.3 Å². The van der Waals surface area contributed by atoms with Crippen LogP contribution in [0.5, 0.6) is 0 Å². The van der Waals surface area contributed by atoms with Gasteiger partial charge in [-0.05, 0) is 56.4 Å². The Kier molecular flexibility index (Phi) is 6.36. The Morgan fingerprint density at radius 2 is 1.79 bits per heavy atom. The van der Waals surface area contributed by atoms with Gasteiger partial charge >= 0.3 is 6.18 Å². The Bertz CT molecular complexity index is 808. The first kappa shape index (κ1) is 20.4. The second kappa shape index (κ2) is 8.75. The SMILES string of the molecule is CN1CCCN(Cc2ccc(NC(=O)c3ccccc3)cc2C(F)(F)F)CC1. The lowest BCUT2D eigenvalue weighted by atomic mass is 10.0. The Hall–Kier alpha value is -2.38. The number of nitrogens with one attached hydrogen (secondary N) is 1. The van der Waals surface area contributed by atoms with Crippen LogP contribution in [0, 0.1) is 0 Å². The van der Waals surface area contributed by atoms with Gasteiger partial charge in [0.15, 0.2) is 0 Å². The van der Waals surface area contributed by atoms with E-state index in [1.807, 2.05) is 7.05 Å². The molecule has 1 saturated heterocycles. The van der Waals surface area contributed by atoms with Crippen molar-refractivity contribution in [3.05, 3.63) is 65.2 Å². The summed E-state index contributed by atoms with van der Waals surface area (Å²) < 4.78 is 40.9. The van der Waals surface area contributed by atoms with Gasteiger partial charge in [0.05, 0.1) is 5.56 Å². The fraction of sp³-hybridized carbons (Fsp3) is 0.381. The molecule has 28 heavy (non-hydrogen) atoms. The van der Waals surface area contributed by atoms with Crippen LogP contribution in [0.15, 0.2) is 48.5 Å². The number of amides is 1. The molecule has 0 radical (unpaired) electrons. The highest BCUT2D eigenvalue weighted by Gasteiger charge is 2.34. The first-order chi connectivity index (χ1) is 13.3. The molecule has 2 aromatic rings. The third-order valence-electron chi connectivity index (χ3n) is 4.92. The second-order valence-corrected chi connectivity index (χ2v) is 7.12. The molecule has 0 atom stereocenters. The van der Waals surface area contributed by atoms with Crippen molar-refractivity contribution >= 4 is 11.6 Å². The van der Waals surface area contributed by atoms with Gasteiger partial charge in [0.1, 0.15) is 0 Å². The first-order valence-corrected chi connectivity index (χ1v) is 9.30. The third kappa shape index (κ3) is 5.33. The number of hydrogen-bond acceptors (Lipinski definition) is 3. The van der Waals surface area contributed by atoms with E-state index in [4.69, 9.17) is 0 Å². The van der Waals surface area contributed by atoms with Crippen LogP contribution in [0.3, 0.4) is 0 Å². The summed E-state index contributed by atoms with van der Waals surface area (Å²) in [5.41, 5.74) is 0.0695. The molecule has 0 aliphatic carbocycles. The van der Waals surface area contributed by atoms with Crippen molar-refractivity contribution < 1.29 is 18.0 Å². The molecule has 7 heteroatoms. The molecule has 0 unspecified atom stereocenters. The number of benzene rings is 2. The fourth-order valence-corrected chi connectivity index (χ4v) is 3.35. The molecule has 1 heterocycles. The van der Waals surface area contributed by atoms with Crippen molar-refractivity contribution in [2.24, 2.45) is 0 Å². The Labute approximate surface area is 162 Å². The zero-order chi connectivity index (χ0) is 20.1. The molecule has 0 bridgehead atoms. The minimum atomic E-state index is -4.48. The number of nitrogens with zero attached hydrogens (tertiary/aromatic N) is 2. The zero-order valence-corrected chi connectivity index (χ0v) is 15.8. The maximum Gasteiger partial charge on any atom is 0.416 e. The second-order valence-electron chi connectivity index (χ2n) is 7.12. The van der Waals surface area contributed by atoms with E-state index >= 15 is 0 Å². The standard InChI is InChI=1S/C21H24F3N3O/c1-26-10-5-11-27(13-12-26)15-17-8-9-18(14-19(17)21(22,23)24)25-20(28)16-6-3-2-4-7-16/h2-4,6-9,14H,5,10-13,15H2,1H3,(H,25,28). The molecule has 3 rings (SSSR count). The van der Waals surface area contributed by atoms with Crippen LogP contribution in [0.25, 0.3) is 0 Å². The number of carbonyl (C=O) groups excluding carboxylic acids is 1. The quantitative estimate of drug-likeness (QED) is 0.853. The van der Waals surface area contributed by atoms with Gasteiger partial charge in [0.2, 0.25) is 0 Å². The van der Waals surface area contributed by atoms with E-state index in [0.29, 0.717) is 5.56 Å². The molecule has 150 valence electrons. The van der Waals surface area contributed by atoms with Crippen molar-refractivity contribution in [2.75, 3.05) is 38.5 Å². The summed E-state index contributed by atoms with van der Waals surface area (Å²) in [4.78, 5) is 16.5. The van der Waals surface area contributed by atoms with Gasteiger partial charge in [0, 0.05) is 30.9 Å². The zero-order valence-electron chi connectivity index (χ0n) is 15.8. The molecule has 4 nitrogen and oxygen atoms in total. The van der Waals surface area contributed by atoms with Crippen LogP contribution in [0.1, 0.15) is 27.9 Å². The molecule has 1 amide bonds. The Morgan fingerprint density at radius 3 is 2.50 bits per heavy atom. The molecule has 2 aromatic carbocycles. The molecule has 0 saturated carbocycles. The smallest absolute Gasteiger partial charge is 0.322 e. The Balaban J connectivity index is 1.79. The van der Waals surface area contributed by atoms with Gasteiger partial charge in [-0.25, -0.2) is 0 Å². The van der Waals surface area contributed by atoms with Crippen LogP contribution >= 0.6 is 0 Å². The summed E-state index contributed by atoms with van der Waals surface area (Å²) >= 11 is 0. The number of anilines is 1. The average molecular weight is 391 g/mol. The monoisotopic (exact) mass is 391 g/mol. The summed E-state index contributed by atoms with van der Waals surface area (Å²) in [5.74, 6) is -0.433. The third-order valence-corrected chi connectivity index (χ3v) is 4.92. The predicted molar refractivity (Wildman–Crippen MR) is 103 cm³/mol. The van der Waals surface area contributed by atoms with Gasteiger partial charge in [0.25, 0.3) is 5.91 Å². The van der Waals surface area contributed by atoms with Gasteiger partial charge in [-0.15, -0.1) is 0 Å². The average Bonchev–Trinajstić information content (AvgIpc) is 2.87. The highest BCUT2D eigenvalue weighted by atomic mass is 19.4. The fourth-order valence-electron chi connectivity index (χ4n) is 3.35. The minimum absolute atomic E-state index is 0.139. The molecule has 0 aromatic heterocycles. The summed E-state index contributed by atoms with van der Waals surface area (Å²) in [7, 11) is 2.02. The lowest BCUT2D eigenvalue weighted by Gasteiger charge is -2.23. The van der Waals surface area contributed by atoms with Crippen LogP contribution in [0.4, 0.5) is 18.9 Å². The van der Waals surface area contributed by atoms with E-state index in [9.17, 15) is 18.0 Å². The lowest BCUT2D eigenvalue weighted by molar-refractivity contribution is -0.138. The molecule has 1 N–H and O–H groups in total. The van der Waals surface area contributed by atoms with Gasteiger partial charge in [-0.1, -0.05) is 24.3 Å². The first-order valence-electron chi connectivity index (χ1n) is 9.30. The van der Waals surface area contributed by atoms with Crippen LogP contribution in [0.2, 0.25) is 0 Å². The van der Waals surface area contributed by atoms with Crippen molar-refractivity contribution in [1.29, 1.82) is 0 Å². The van der Waals surface area contributed by atoms with E-state index in [1.165, 1.54) is 12.1 Å². The largest absolute Gasteiger partial charge is 0.416 e. The summed E-state index contributed by atoms with van der Waals surface area (Å²) in [6.45, 7) is 3.55. The summed E-state index contributed by atoms with van der Waals surface area (Å²) in [6, 6.07) is 12.5. The van der Waals surface area contributed by atoms with Crippen molar-refractivity contribution in [3.63, 3.8) is 0 Å². The van der Waals surface area contributed by atoms with Crippen molar-refractivity contribution in [1.82, 2.24) is 9.80 Å². The number of alkyl halides is 3. The number of carbonyl (C=O) groups is 1. The number of hydrogen-bond donors (Lipinski definition) is 1. The van der Waals surface area contributed by atoms with Crippen molar-refractivity contribution in [3.8, 4) is 0 Å².